The van der Waals surface area contributed by atoms with Crippen molar-refractivity contribution >= 4 is 5.97 Å². The number of hydrogen-bond acceptors (Lipinski definition) is 5. The molecule has 0 saturated carbocycles. The fourth-order valence-corrected chi connectivity index (χ4v) is 2.72. The molecule has 1 aromatic carbocycles. The van der Waals surface area contributed by atoms with E-state index in [1.807, 2.05) is 6.07 Å². The van der Waals surface area contributed by atoms with Crippen LogP contribution < -0.4 is 10.6 Å². The van der Waals surface area contributed by atoms with Crippen molar-refractivity contribution in [2.45, 2.75) is 26.0 Å². The van der Waals surface area contributed by atoms with Gasteiger partial charge in [-0.3, -0.25) is 9.69 Å². The van der Waals surface area contributed by atoms with E-state index in [4.69, 9.17) is 4.74 Å². The number of rotatable bonds is 3. The third-order valence-electron chi connectivity index (χ3n) is 3.77. The van der Waals surface area contributed by atoms with Gasteiger partial charge in [0.15, 0.2) is 0 Å². The van der Waals surface area contributed by atoms with E-state index in [1.54, 1.807) is 0 Å². The standard InChI is InChI=1S/C13H17NO2.C4H10N2/c1-11(15)16-13-7-8-14(10-13)9-12-5-3-2-4-6-12;1-2-6-4-3-5-1/h2-6,13H,7-10H2,1H3;5-6H,1-4H2. The Morgan fingerprint density at radius 3 is 2.36 bits per heavy atom. The average Bonchev–Trinajstić information content (AvgIpc) is 2.97. The summed E-state index contributed by atoms with van der Waals surface area (Å²) in [5.41, 5.74) is 1.31. The fraction of sp³-hybridized carbons (Fsp3) is 0.588. The minimum absolute atomic E-state index is 0.0845. The third-order valence-corrected chi connectivity index (χ3v) is 3.77. The van der Waals surface area contributed by atoms with Crippen LogP contribution in [-0.2, 0) is 16.1 Å². The Labute approximate surface area is 133 Å². The van der Waals surface area contributed by atoms with Gasteiger partial charge < -0.3 is 15.4 Å². The smallest absolute Gasteiger partial charge is 0.302 e. The molecule has 0 amide bonds. The Morgan fingerprint density at radius 2 is 1.82 bits per heavy atom. The normalized spacial score (nSPS) is 21.8. The molecule has 2 fully saturated rings. The van der Waals surface area contributed by atoms with Gasteiger partial charge in [-0.1, -0.05) is 30.3 Å². The zero-order chi connectivity index (χ0) is 15.6. The molecule has 0 spiro atoms. The maximum absolute atomic E-state index is 10.8. The van der Waals surface area contributed by atoms with E-state index in [9.17, 15) is 4.79 Å². The Bertz CT molecular complexity index is 423. The number of nitrogens with zero attached hydrogens (tertiary/aromatic N) is 1. The SMILES string of the molecule is C1CNCCN1.CC(=O)OC1CCN(Cc2ccccc2)C1. The molecule has 0 radical (unpaired) electrons. The highest BCUT2D eigenvalue weighted by atomic mass is 16.5. The molecule has 22 heavy (non-hydrogen) atoms. The first-order chi connectivity index (χ1) is 10.7. The van der Waals surface area contributed by atoms with E-state index in [1.165, 1.54) is 12.5 Å². The van der Waals surface area contributed by atoms with E-state index in [0.717, 1.165) is 52.2 Å². The second-order valence-corrected chi connectivity index (χ2v) is 5.74. The molecule has 0 bridgehead atoms. The zero-order valence-electron chi connectivity index (χ0n) is 13.4. The van der Waals surface area contributed by atoms with Gasteiger partial charge in [-0.2, -0.15) is 0 Å². The van der Waals surface area contributed by atoms with Crippen molar-refractivity contribution in [1.29, 1.82) is 0 Å². The van der Waals surface area contributed by atoms with Gasteiger partial charge in [0.2, 0.25) is 0 Å². The van der Waals surface area contributed by atoms with Crippen LogP contribution in [0.4, 0.5) is 0 Å². The van der Waals surface area contributed by atoms with Crippen molar-refractivity contribution in [2.75, 3.05) is 39.3 Å². The van der Waals surface area contributed by atoms with Crippen molar-refractivity contribution in [3.8, 4) is 0 Å². The van der Waals surface area contributed by atoms with Crippen molar-refractivity contribution in [1.82, 2.24) is 15.5 Å². The zero-order valence-corrected chi connectivity index (χ0v) is 13.4. The lowest BCUT2D eigenvalue weighted by atomic mass is 10.2. The molecule has 0 aromatic heterocycles. The van der Waals surface area contributed by atoms with Crippen LogP contribution in [0.3, 0.4) is 0 Å². The van der Waals surface area contributed by atoms with Crippen LogP contribution in [0.15, 0.2) is 30.3 Å². The van der Waals surface area contributed by atoms with Gasteiger partial charge in [-0.15, -0.1) is 0 Å². The van der Waals surface area contributed by atoms with Crippen LogP contribution in [0.1, 0.15) is 18.9 Å². The molecule has 3 rings (SSSR count). The van der Waals surface area contributed by atoms with Crippen LogP contribution in [0.2, 0.25) is 0 Å². The molecule has 122 valence electrons. The first-order valence-corrected chi connectivity index (χ1v) is 8.09. The lowest BCUT2D eigenvalue weighted by Gasteiger charge is -2.15. The Morgan fingerprint density at radius 1 is 1.18 bits per heavy atom. The molecule has 0 aliphatic carbocycles. The van der Waals surface area contributed by atoms with E-state index < -0.39 is 0 Å². The van der Waals surface area contributed by atoms with Gasteiger partial charge in [0, 0.05) is 52.7 Å². The number of hydrogen-bond donors (Lipinski definition) is 2. The lowest BCUT2D eigenvalue weighted by Crippen LogP contribution is -2.39. The molecule has 2 heterocycles. The summed E-state index contributed by atoms with van der Waals surface area (Å²) >= 11 is 0. The molecule has 2 aliphatic rings. The Balaban J connectivity index is 0.000000246. The van der Waals surface area contributed by atoms with Crippen molar-refractivity contribution in [3.63, 3.8) is 0 Å². The molecule has 2 aliphatic heterocycles. The minimum Gasteiger partial charge on any atom is -0.461 e. The number of carbonyl (C=O) groups is 1. The summed E-state index contributed by atoms with van der Waals surface area (Å²) in [6, 6.07) is 10.4. The summed E-state index contributed by atoms with van der Waals surface area (Å²) in [6.45, 7) is 8.83. The molecule has 2 N–H and O–H groups in total. The largest absolute Gasteiger partial charge is 0.461 e. The number of benzene rings is 1. The second kappa shape index (κ2) is 9.56. The predicted molar refractivity (Wildman–Crippen MR) is 87.6 cm³/mol. The van der Waals surface area contributed by atoms with Gasteiger partial charge in [0.25, 0.3) is 0 Å². The average molecular weight is 305 g/mol. The number of esters is 1. The van der Waals surface area contributed by atoms with E-state index in [0.29, 0.717) is 0 Å². The summed E-state index contributed by atoms with van der Waals surface area (Å²) in [6.07, 6.45) is 1.04. The number of nitrogens with one attached hydrogen (secondary N) is 2. The highest BCUT2D eigenvalue weighted by Gasteiger charge is 2.24. The van der Waals surface area contributed by atoms with E-state index in [-0.39, 0.29) is 12.1 Å². The molecule has 5 heteroatoms. The van der Waals surface area contributed by atoms with Crippen molar-refractivity contribution in [2.24, 2.45) is 0 Å². The second-order valence-electron chi connectivity index (χ2n) is 5.74. The monoisotopic (exact) mass is 305 g/mol. The maximum atomic E-state index is 10.8. The number of likely N-dealkylation sites (tertiary alicyclic amines) is 1. The molecule has 1 unspecified atom stereocenters. The molecular weight excluding hydrogens is 278 g/mol. The summed E-state index contributed by atoms with van der Waals surface area (Å²) in [5.74, 6) is -0.174. The third kappa shape index (κ3) is 6.56. The van der Waals surface area contributed by atoms with Crippen LogP contribution in [0.25, 0.3) is 0 Å². The molecule has 2 saturated heterocycles. The molecular formula is C17H27N3O2. The van der Waals surface area contributed by atoms with Crippen molar-refractivity contribution < 1.29 is 9.53 Å². The van der Waals surface area contributed by atoms with Crippen molar-refractivity contribution in [3.05, 3.63) is 35.9 Å². The predicted octanol–water partition coefficient (Wildman–Crippen LogP) is 1.00. The molecule has 5 nitrogen and oxygen atoms in total. The molecule has 1 aromatic rings. The number of piperazine rings is 1. The van der Waals surface area contributed by atoms with Crippen LogP contribution in [0, 0.1) is 0 Å². The topological polar surface area (TPSA) is 53.6 Å². The summed E-state index contributed by atoms with van der Waals surface area (Å²) in [7, 11) is 0. The first kappa shape index (κ1) is 16.9. The van der Waals surface area contributed by atoms with Gasteiger partial charge in [0.1, 0.15) is 6.10 Å². The minimum atomic E-state index is -0.174. The lowest BCUT2D eigenvalue weighted by molar-refractivity contribution is -0.145. The highest BCUT2D eigenvalue weighted by Crippen LogP contribution is 2.15. The summed E-state index contributed by atoms with van der Waals surface area (Å²) in [4.78, 5) is 13.1. The van der Waals surface area contributed by atoms with Gasteiger partial charge in [-0.05, 0) is 12.0 Å². The summed E-state index contributed by atoms with van der Waals surface area (Å²) in [5, 5.41) is 6.44. The van der Waals surface area contributed by atoms with E-state index in [2.05, 4.69) is 39.8 Å². The maximum Gasteiger partial charge on any atom is 0.302 e. The van der Waals surface area contributed by atoms with Gasteiger partial charge in [0.05, 0.1) is 0 Å². The highest BCUT2D eigenvalue weighted by molar-refractivity contribution is 5.66. The van der Waals surface area contributed by atoms with Crippen LogP contribution >= 0.6 is 0 Å². The van der Waals surface area contributed by atoms with E-state index >= 15 is 0 Å². The Hall–Kier alpha value is -1.43. The Kier molecular flexibility index (Phi) is 7.36. The van der Waals surface area contributed by atoms with Gasteiger partial charge in [-0.25, -0.2) is 0 Å². The quantitative estimate of drug-likeness (QED) is 0.816. The van der Waals surface area contributed by atoms with Crippen LogP contribution in [-0.4, -0.2) is 56.2 Å². The number of carbonyl (C=O) groups excluding carboxylic acids is 1. The fourth-order valence-electron chi connectivity index (χ4n) is 2.72. The first-order valence-electron chi connectivity index (χ1n) is 8.09. The van der Waals surface area contributed by atoms with Crippen LogP contribution in [0.5, 0.6) is 0 Å². The number of ether oxygens (including phenoxy) is 1. The molecule has 1 atom stereocenters. The van der Waals surface area contributed by atoms with Gasteiger partial charge >= 0.3 is 5.97 Å². The summed E-state index contributed by atoms with van der Waals surface area (Å²) < 4.78 is 5.20.